The van der Waals surface area contributed by atoms with Crippen LogP contribution in [0.2, 0.25) is 0 Å². The van der Waals surface area contributed by atoms with E-state index in [2.05, 4.69) is 52.5 Å². The van der Waals surface area contributed by atoms with Gasteiger partial charge in [0.1, 0.15) is 0 Å². The molecule has 0 aliphatic carbocycles. The monoisotopic (exact) mass is 722 g/mol. The molecule has 2 saturated heterocycles. The Kier molecular flexibility index (Phi) is 10.6. The van der Waals surface area contributed by atoms with Crippen LogP contribution in [0.25, 0.3) is 22.2 Å². The van der Waals surface area contributed by atoms with Crippen molar-refractivity contribution in [2.45, 2.75) is 57.5 Å². The first-order valence-corrected chi connectivity index (χ1v) is 18.9. The molecule has 3 N–H and O–H groups in total. The highest BCUT2D eigenvalue weighted by molar-refractivity contribution is 5.94. The van der Waals surface area contributed by atoms with Crippen LogP contribution in [0.1, 0.15) is 70.8 Å². The molecule has 0 spiro atoms. The average Bonchev–Trinajstić information content (AvgIpc) is 3.57. The van der Waals surface area contributed by atoms with Crippen molar-refractivity contribution in [3.8, 4) is 11.1 Å². The van der Waals surface area contributed by atoms with Crippen LogP contribution in [0.15, 0.2) is 132 Å². The van der Waals surface area contributed by atoms with Gasteiger partial charge >= 0.3 is 5.69 Å². The lowest BCUT2D eigenvalue weighted by Gasteiger charge is -2.44. The molecule has 1 amide bonds. The summed E-state index contributed by atoms with van der Waals surface area (Å²) in [4.78, 5) is 31.2. The Morgan fingerprint density at radius 1 is 0.815 bits per heavy atom. The summed E-state index contributed by atoms with van der Waals surface area (Å²) >= 11 is 0. The van der Waals surface area contributed by atoms with Crippen molar-refractivity contribution in [1.82, 2.24) is 19.8 Å². The Labute approximate surface area is 315 Å². The van der Waals surface area contributed by atoms with Crippen molar-refractivity contribution < 1.29 is 19.4 Å². The summed E-state index contributed by atoms with van der Waals surface area (Å²) in [5.41, 5.74) is 8.39. The van der Waals surface area contributed by atoms with E-state index >= 15 is 0 Å². The maximum atomic E-state index is 12.9. The number of rotatable bonds is 10. The molecular weight excluding hydrogens is 677 g/mol. The predicted octanol–water partition coefficient (Wildman–Crippen LogP) is 7.55. The van der Waals surface area contributed by atoms with Gasteiger partial charge in [0.25, 0.3) is 5.91 Å². The number of carbonyl (C=O) groups is 1. The number of amides is 1. The quantitative estimate of drug-likeness (QED) is 0.135. The van der Waals surface area contributed by atoms with Crippen LogP contribution in [0, 0.1) is 5.92 Å². The van der Waals surface area contributed by atoms with Crippen LogP contribution >= 0.6 is 0 Å². The third kappa shape index (κ3) is 7.54. The molecule has 0 radical (unpaired) electrons. The van der Waals surface area contributed by atoms with Gasteiger partial charge in [-0.3, -0.25) is 9.36 Å². The zero-order chi connectivity index (χ0) is 37.0. The smallest absolute Gasteiger partial charge is 0.326 e. The predicted molar refractivity (Wildman–Crippen MR) is 210 cm³/mol. The molecule has 3 heterocycles. The lowest BCUT2D eigenvalue weighted by atomic mass is 9.89. The van der Waals surface area contributed by atoms with E-state index in [0.29, 0.717) is 12.1 Å². The molecule has 8 rings (SSSR count). The van der Waals surface area contributed by atoms with Gasteiger partial charge in [0.05, 0.1) is 29.8 Å². The number of carbonyl (C=O) groups excluding carboxylic acids is 1. The van der Waals surface area contributed by atoms with Crippen molar-refractivity contribution in [2.24, 2.45) is 5.92 Å². The maximum Gasteiger partial charge on any atom is 0.326 e. The van der Waals surface area contributed by atoms with Crippen LogP contribution in [0.5, 0.6) is 0 Å². The number of imidazole rings is 1. The van der Waals surface area contributed by atoms with E-state index in [4.69, 9.17) is 9.47 Å². The number of H-pyrrole nitrogens is 1. The number of para-hydroxylation sites is 2. The van der Waals surface area contributed by atoms with Crippen molar-refractivity contribution in [3.05, 3.63) is 166 Å². The first kappa shape index (κ1) is 35.7. The zero-order valence-electron chi connectivity index (χ0n) is 30.4. The van der Waals surface area contributed by atoms with E-state index in [1.165, 1.54) is 0 Å². The van der Waals surface area contributed by atoms with Crippen molar-refractivity contribution in [1.29, 1.82) is 0 Å². The maximum absolute atomic E-state index is 12.9. The van der Waals surface area contributed by atoms with Gasteiger partial charge < -0.3 is 29.8 Å². The van der Waals surface area contributed by atoms with Crippen LogP contribution in [-0.4, -0.2) is 51.2 Å². The first-order chi connectivity index (χ1) is 26.4. The van der Waals surface area contributed by atoms with Crippen molar-refractivity contribution >= 4 is 16.9 Å². The number of aromatic nitrogens is 2. The zero-order valence-corrected chi connectivity index (χ0v) is 30.4. The second kappa shape index (κ2) is 16.0. The van der Waals surface area contributed by atoms with Gasteiger partial charge in [-0.15, -0.1) is 0 Å². The summed E-state index contributed by atoms with van der Waals surface area (Å²) in [5.74, 6) is -0.0433. The van der Waals surface area contributed by atoms with Gasteiger partial charge in [-0.1, -0.05) is 110 Å². The third-order valence-corrected chi connectivity index (χ3v) is 11.1. The number of likely N-dealkylation sites (tertiary alicyclic amines) is 1. The molecule has 9 nitrogen and oxygen atoms in total. The summed E-state index contributed by atoms with van der Waals surface area (Å²) in [6.07, 6.45) is 0.872. The second-order valence-corrected chi connectivity index (χ2v) is 14.5. The largest absolute Gasteiger partial charge is 0.392 e. The van der Waals surface area contributed by atoms with Crippen molar-refractivity contribution in [3.63, 3.8) is 0 Å². The number of aromatic amines is 1. The molecule has 54 heavy (non-hydrogen) atoms. The van der Waals surface area contributed by atoms with E-state index in [-0.39, 0.29) is 42.4 Å². The fraction of sp³-hybridized carbons (Fsp3) is 0.289. The molecule has 0 unspecified atom stereocenters. The highest BCUT2D eigenvalue weighted by Crippen LogP contribution is 2.42. The summed E-state index contributed by atoms with van der Waals surface area (Å²) in [7, 11) is 0. The molecule has 1 aromatic heterocycles. The van der Waals surface area contributed by atoms with Crippen molar-refractivity contribution in [2.75, 3.05) is 19.6 Å². The number of piperidine rings is 1. The minimum atomic E-state index is -0.578. The Morgan fingerprint density at radius 3 is 2.26 bits per heavy atom. The summed E-state index contributed by atoms with van der Waals surface area (Å²) < 4.78 is 15.5. The number of ether oxygens (including phenoxy) is 2. The molecule has 9 heteroatoms. The minimum absolute atomic E-state index is 0.00871. The van der Waals surface area contributed by atoms with Gasteiger partial charge in [-0.2, -0.15) is 0 Å². The second-order valence-electron chi connectivity index (χ2n) is 14.5. The van der Waals surface area contributed by atoms with Crippen LogP contribution in [0.3, 0.4) is 0 Å². The SMILES string of the molecule is C[C@@H]1[C@H](CN2CCC(n3c(=O)[nH]c4ccccc43)CC2)O[C@H](c2ccc(-c3ccccc3CNC(=O)c3ccccc3)cc2)O[C@@H]1c1ccc(CO)cc1. The number of hydrogen-bond acceptors (Lipinski definition) is 6. The van der Waals surface area contributed by atoms with E-state index < -0.39 is 6.29 Å². The molecule has 2 fully saturated rings. The number of hydrogen-bond donors (Lipinski definition) is 3. The number of aliphatic hydroxyl groups is 1. The summed E-state index contributed by atoms with van der Waals surface area (Å²) in [5, 5.41) is 12.7. The number of fused-ring (bicyclic) bond motifs is 1. The molecular formula is C45H46N4O5. The lowest BCUT2D eigenvalue weighted by molar-refractivity contribution is -0.276. The fourth-order valence-electron chi connectivity index (χ4n) is 8.02. The van der Waals surface area contributed by atoms with Gasteiger partial charge in [-0.25, -0.2) is 4.79 Å². The average molecular weight is 723 g/mol. The molecule has 0 bridgehead atoms. The molecule has 2 aliphatic rings. The first-order valence-electron chi connectivity index (χ1n) is 18.9. The molecule has 6 aromatic rings. The van der Waals surface area contributed by atoms with Gasteiger partial charge in [0.2, 0.25) is 0 Å². The molecule has 4 atom stereocenters. The Bertz CT molecular complexity index is 2240. The third-order valence-electron chi connectivity index (χ3n) is 11.1. The summed E-state index contributed by atoms with van der Waals surface area (Å²) in [6, 6.07) is 41.8. The number of benzene rings is 5. The molecule has 5 aromatic carbocycles. The number of nitrogens with one attached hydrogen (secondary N) is 2. The number of aliphatic hydroxyl groups excluding tert-OH is 1. The fourth-order valence-corrected chi connectivity index (χ4v) is 8.02. The van der Waals surface area contributed by atoms with Gasteiger partial charge in [0, 0.05) is 49.3 Å². The van der Waals surface area contributed by atoms with Crippen LogP contribution in [-0.2, 0) is 22.6 Å². The minimum Gasteiger partial charge on any atom is -0.392 e. The highest BCUT2D eigenvalue weighted by atomic mass is 16.7. The topological polar surface area (TPSA) is 109 Å². The lowest BCUT2D eigenvalue weighted by Crippen LogP contribution is -2.47. The van der Waals surface area contributed by atoms with Crippen LogP contribution in [0.4, 0.5) is 0 Å². The Morgan fingerprint density at radius 2 is 1.50 bits per heavy atom. The van der Waals surface area contributed by atoms with Gasteiger partial charge in [0.15, 0.2) is 6.29 Å². The van der Waals surface area contributed by atoms with E-state index in [0.717, 1.165) is 76.9 Å². The molecule has 2 aliphatic heterocycles. The summed E-state index contributed by atoms with van der Waals surface area (Å²) in [6.45, 7) is 5.08. The Balaban J connectivity index is 0.989. The Hall–Kier alpha value is -5.32. The highest BCUT2D eigenvalue weighted by Gasteiger charge is 2.39. The normalized spacial score (nSPS) is 20.9. The van der Waals surface area contributed by atoms with E-state index in [9.17, 15) is 14.7 Å². The molecule has 0 saturated carbocycles. The van der Waals surface area contributed by atoms with Gasteiger partial charge in [-0.05, 0) is 64.9 Å². The standard InChI is InChI=1S/C45H46N4O5/c1-30-41(28-48-25-23-37(24-26-48)49-40-14-8-7-13-39(40)47-45(49)52)53-44(54-42(30)33-17-15-31(29-50)16-18-33)35-21-19-32(20-22-35)38-12-6-5-11-36(38)27-46-43(51)34-9-3-2-4-10-34/h2-22,30,37,41-42,44,50H,23-29H2,1H3,(H,46,51)(H,47,52)/t30-,41+,42+,44+/m1/s1. The number of nitrogens with zero attached hydrogens (tertiary/aromatic N) is 2. The van der Waals surface area contributed by atoms with E-state index in [1.54, 1.807) is 0 Å². The van der Waals surface area contributed by atoms with E-state index in [1.807, 2.05) is 102 Å². The van der Waals surface area contributed by atoms with Crippen LogP contribution < -0.4 is 11.0 Å². The molecule has 276 valence electrons.